The minimum atomic E-state index is -0.0491. The van der Waals surface area contributed by atoms with Crippen LogP contribution in [0, 0.1) is 0 Å². The maximum atomic E-state index is 12.3. The van der Waals surface area contributed by atoms with Crippen LogP contribution in [0.2, 0.25) is 0 Å². The Balaban J connectivity index is 1.47. The van der Waals surface area contributed by atoms with Gasteiger partial charge in [-0.15, -0.1) is 0 Å². The second-order valence-corrected chi connectivity index (χ2v) is 7.54. The van der Waals surface area contributed by atoms with E-state index in [1.165, 1.54) is 30.4 Å². The Labute approximate surface area is 150 Å². The number of hydrogen-bond donors (Lipinski definition) is 2. The Morgan fingerprint density at radius 1 is 1.12 bits per heavy atom. The molecule has 0 unspecified atom stereocenters. The number of rotatable bonds is 7. The van der Waals surface area contributed by atoms with Crippen LogP contribution in [0.15, 0.2) is 18.2 Å². The summed E-state index contributed by atoms with van der Waals surface area (Å²) in [7, 11) is 1.80. The van der Waals surface area contributed by atoms with Gasteiger partial charge in [-0.1, -0.05) is 18.2 Å². The second kappa shape index (κ2) is 8.00. The molecule has 0 radical (unpaired) electrons. The molecule has 136 valence electrons. The highest BCUT2D eigenvalue weighted by atomic mass is 16.2. The minimum absolute atomic E-state index is 0.000496. The standard InChI is InChI=1S/C20H29N3O2/c1-14(16-8-7-15-5-3-4-6-17(15)11-16)21-19(24)12-23(2)13-20(25)22-18-9-10-18/h7-8,11,14,18H,3-6,9-10,12-13H2,1-2H3,(H,21,24)(H,22,25)/t14-/m0/s1. The van der Waals surface area contributed by atoms with Gasteiger partial charge in [-0.05, 0) is 69.2 Å². The molecule has 25 heavy (non-hydrogen) atoms. The molecule has 0 bridgehead atoms. The van der Waals surface area contributed by atoms with Crippen molar-refractivity contribution in [2.24, 2.45) is 0 Å². The first-order valence-electron chi connectivity index (χ1n) is 9.40. The van der Waals surface area contributed by atoms with E-state index in [9.17, 15) is 9.59 Å². The number of amides is 2. The maximum absolute atomic E-state index is 12.3. The molecule has 0 spiro atoms. The summed E-state index contributed by atoms with van der Waals surface area (Å²) in [6, 6.07) is 6.92. The van der Waals surface area contributed by atoms with Crippen molar-refractivity contribution in [2.75, 3.05) is 20.1 Å². The van der Waals surface area contributed by atoms with E-state index in [1.54, 1.807) is 11.9 Å². The first-order valence-corrected chi connectivity index (χ1v) is 9.40. The number of carbonyl (C=O) groups excluding carboxylic acids is 2. The van der Waals surface area contributed by atoms with Crippen LogP contribution < -0.4 is 10.6 Å². The normalized spacial score (nSPS) is 17.7. The van der Waals surface area contributed by atoms with Crippen molar-refractivity contribution < 1.29 is 9.59 Å². The Hall–Kier alpha value is -1.88. The highest BCUT2D eigenvalue weighted by Gasteiger charge is 2.24. The Bertz CT molecular complexity index is 640. The third-order valence-corrected chi connectivity index (χ3v) is 5.02. The molecule has 0 aliphatic heterocycles. The molecule has 3 rings (SSSR count). The summed E-state index contributed by atoms with van der Waals surface area (Å²) in [6.45, 7) is 2.51. The molecule has 0 saturated heterocycles. The van der Waals surface area contributed by atoms with Crippen LogP contribution >= 0.6 is 0 Å². The Kier molecular flexibility index (Phi) is 5.74. The molecule has 1 saturated carbocycles. The third kappa shape index (κ3) is 5.30. The zero-order valence-corrected chi connectivity index (χ0v) is 15.3. The molecule has 2 N–H and O–H groups in total. The van der Waals surface area contributed by atoms with Gasteiger partial charge in [-0.2, -0.15) is 0 Å². The summed E-state index contributed by atoms with van der Waals surface area (Å²) in [5.74, 6) is -0.0486. The van der Waals surface area contributed by atoms with Crippen LogP contribution in [-0.4, -0.2) is 42.9 Å². The lowest BCUT2D eigenvalue weighted by Crippen LogP contribution is -2.41. The van der Waals surface area contributed by atoms with Crippen molar-refractivity contribution in [2.45, 2.75) is 57.5 Å². The molecule has 1 fully saturated rings. The van der Waals surface area contributed by atoms with Crippen molar-refractivity contribution in [3.63, 3.8) is 0 Å². The van der Waals surface area contributed by atoms with Gasteiger partial charge >= 0.3 is 0 Å². The Morgan fingerprint density at radius 2 is 1.80 bits per heavy atom. The van der Waals surface area contributed by atoms with Gasteiger partial charge in [0.2, 0.25) is 11.8 Å². The van der Waals surface area contributed by atoms with Crippen molar-refractivity contribution in [3.8, 4) is 0 Å². The van der Waals surface area contributed by atoms with Gasteiger partial charge in [-0.3, -0.25) is 14.5 Å². The van der Waals surface area contributed by atoms with Crippen LogP contribution in [-0.2, 0) is 22.4 Å². The summed E-state index contributed by atoms with van der Waals surface area (Å²) < 4.78 is 0. The smallest absolute Gasteiger partial charge is 0.234 e. The average Bonchev–Trinajstić information content (AvgIpc) is 3.37. The van der Waals surface area contributed by atoms with Crippen LogP contribution in [0.5, 0.6) is 0 Å². The van der Waals surface area contributed by atoms with Crippen molar-refractivity contribution in [1.82, 2.24) is 15.5 Å². The molecule has 5 heteroatoms. The van der Waals surface area contributed by atoms with Crippen LogP contribution in [0.3, 0.4) is 0 Å². The van der Waals surface area contributed by atoms with E-state index in [4.69, 9.17) is 0 Å². The fourth-order valence-electron chi connectivity index (χ4n) is 3.44. The topological polar surface area (TPSA) is 61.4 Å². The van der Waals surface area contributed by atoms with E-state index in [-0.39, 0.29) is 30.9 Å². The quantitative estimate of drug-likeness (QED) is 0.795. The molecular formula is C20H29N3O2. The van der Waals surface area contributed by atoms with E-state index < -0.39 is 0 Å². The summed E-state index contributed by atoms with van der Waals surface area (Å²) in [5.41, 5.74) is 4.04. The summed E-state index contributed by atoms with van der Waals surface area (Å²) in [4.78, 5) is 25.8. The molecule has 1 atom stereocenters. The summed E-state index contributed by atoms with van der Waals surface area (Å²) in [5, 5.41) is 5.99. The minimum Gasteiger partial charge on any atom is -0.352 e. The van der Waals surface area contributed by atoms with Crippen LogP contribution in [0.1, 0.15) is 55.3 Å². The summed E-state index contributed by atoms with van der Waals surface area (Å²) >= 11 is 0. The first-order chi connectivity index (χ1) is 12.0. The SMILES string of the molecule is C[C@H](NC(=O)CN(C)CC(=O)NC1CC1)c1ccc2c(c1)CCCC2. The molecule has 0 aromatic heterocycles. The highest BCUT2D eigenvalue weighted by molar-refractivity contribution is 5.81. The van der Waals surface area contributed by atoms with Gasteiger partial charge in [0.1, 0.15) is 0 Å². The lowest BCUT2D eigenvalue weighted by Gasteiger charge is -2.21. The average molecular weight is 343 g/mol. The first kappa shape index (κ1) is 17.9. The second-order valence-electron chi connectivity index (χ2n) is 7.54. The number of fused-ring (bicyclic) bond motifs is 1. The van der Waals surface area contributed by atoms with E-state index >= 15 is 0 Å². The van der Waals surface area contributed by atoms with Crippen molar-refractivity contribution in [3.05, 3.63) is 34.9 Å². The molecule has 2 amide bonds. The predicted molar refractivity (Wildman–Crippen MR) is 98.3 cm³/mol. The molecule has 5 nitrogen and oxygen atoms in total. The summed E-state index contributed by atoms with van der Waals surface area (Å²) in [6.07, 6.45) is 7.00. The monoisotopic (exact) mass is 343 g/mol. The van der Waals surface area contributed by atoms with Gasteiger partial charge in [-0.25, -0.2) is 0 Å². The highest BCUT2D eigenvalue weighted by Crippen LogP contribution is 2.24. The zero-order valence-electron chi connectivity index (χ0n) is 15.3. The number of carbonyl (C=O) groups is 2. The molecule has 2 aliphatic rings. The fraction of sp³-hybridized carbons (Fsp3) is 0.600. The van der Waals surface area contributed by atoms with Gasteiger partial charge in [0, 0.05) is 6.04 Å². The van der Waals surface area contributed by atoms with Gasteiger partial charge in [0.15, 0.2) is 0 Å². The zero-order chi connectivity index (χ0) is 17.8. The fourth-order valence-corrected chi connectivity index (χ4v) is 3.44. The van der Waals surface area contributed by atoms with E-state index in [0.29, 0.717) is 6.04 Å². The van der Waals surface area contributed by atoms with E-state index in [2.05, 4.69) is 28.8 Å². The molecule has 1 aromatic rings. The maximum Gasteiger partial charge on any atom is 0.234 e. The van der Waals surface area contributed by atoms with Gasteiger partial charge < -0.3 is 10.6 Å². The molecule has 1 aromatic carbocycles. The lowest BCUT2D eigenvalue weighted by atomic mass is 9.89. The molecular weight excluding hydrogens is 314 g/mol. The number of hydrogen-bond acceptors (Lipinski definition) is 3. The Morgan fingerprint density at radius 3 is 2.52 bits per heavy atom. The van der Waals surface area contributed by atoms with E-state index in [0.717, 1.165) is 24.8 Å². The van der Waals surface area contributed by atoms with Gasteiger partial charge in [0.25, 0.3) is 0 Å². The van der Waals surface area contributed by atoms with Gasteiger partial charge in [0.05, 0.1) is 19.1 Å². The number of aryl methyl sites for hydroxylation is 2. The lowest BCUT2D eigenvalue weighted by molar-refractivity contribution is -0.125. The largest absolute Gasteiger partial charge is 0.352 e. The third-order valence-electron chi connectivity index (χ3n) is 5.02. The molecule has 2 aliphatic carbocycles. The number of nitrogens with zero attached hydrogens (tertiary/aromatic N) is 1. The predicted octanol–water partition coefficient (Wildman–Crippen LogP) is 1.95. The number of likely N-dealkylation sites (N-methyl/N-ethyl adjacent to an activating group) is 1. The van der Waals surface area contributed by atoms with Crippen LogP contribution in [0.4, 0.5) is 0 Å². The van der Waals surface area contributed by atoms with E-state index in [1.807, 2.05) is 6.92 Å². The van der Waals surface area contributed by atoms with Crippen molar-refractivity contribution in [1.29, 1.82) is 0 Å². The molecule has 0 heterocycles. The van der Waals surface area contributed by atoms with Crippen molar-refractivity contribution >= 4 is 11.8 Å². The number of nitrogens with one attached hydrogen (secondary N) is 2. The van der Waals surface area contributed by atoms with Crippen LogP contribution in [0.25, 0.3) is 0 Å². The number of benzene rings is 1.